The lowest BCUT2D eigenvalue weighted by Crippen LogP contribution is -1.99. The molecular weight excluding hydrogens is 258 g/mol. The molecular formula is C11H10BrNO2. The number of rotatable bonds is 1. The van der Waals surface area contributed by atoms with Gasteiger partial charge in [0, 0.05) is 28.6 Å². The predicted octanol–water partition coefficient (Wildman–Crippen LogP) is 2.73. The van der Waals surface area contributed by atoms with Crippen molar-refractivity contribution in [2.45, 2.75) is 0 Å². The van der Waals surface area contributed by atoms with Crippen molar-refractivity contribution in [3.05, 3.63) is 34.4 Å². The Bertz CT molecular complexity index is 531. The second-order valence-corrected chi connectivity index (χ2v) is 4.13. The van der Waals surface area contributed by atoms with Crippen molar-refractivity contribution in [3.8, 4) is 0 Å². The average molecular weight is 268 g/mol. The first-order valence-corrected chi connectivity index (χ1v) is 5.26. The normalized spacial score (nSPS) is 10.6. The van der Waals surface area contributed by atoms with Gasteiger partial charge >= 0.3 is 5.97 Å². The summed E-state index contributed by atoms with van der Waals surface area (Å²) < 4.78 is 7.55. The van der Waals surface area contributed by atoms with Gasteiger partial charge in [-0.25, -0.2) is 4.79 Å². The summed E-state index contributed by atoms with van der Waals surface area (Å²) in [6, 6.07) is 5.81. The summed E-state index contributed by atoms with van der Waals surface area (Å²) in [7, 11) is 3.29. The van der Waals surface area contributed by atoms with Gasteiger partial charge in [-0.2, -0.15) is 0 Å². The van der Waals surface area contributed by atoms with Crippen molar-refractivity contribution < 1.29 is 9.53 Å². The lowest BCUT2D eigenvalue weighted by molar-refractivity contribution is 0.0602. The summed E-state index contributed by atoms with van der Waals surface area (Å²) in [5, 5.41) is 0.895. The van der Waals surface area contributed by atoms with Crippen LogP contribution in [0.2, 0.25) is 0 Å². The average Bonchev–Trinajstić information content (AvgIpc) is 2.57. The summed E-state index contributed by atoms with van der Waals surface area (Å²) in [4.78, 5) is 11.5. The van der Waals surface area contributed by atoms with Gasteiger partial charge in [-0.05, 0) is 12.1 Å². The quantitative estimate of drug-likeness (QED) is 0.744. The molecule has 0 aliphatic rings. The molecule has 2 rings (SSSR count). The van der Waals surface area contributed by atoms with Gasteiger partial charge in [-0.1, -0.05) is 22.0 Å². The van der Waals surface area contributed by atoms with Crippen LogP contribution in [-0.2, 0) is 11.8 Å². The number of fused-ring (bicyclic) bond motifs is 1. The molecule has 0 unspecified atom stereocenters. The molecule has 3 nitrogen and oxygen atoms in total. The number of esters is 1. The minimum absolute atomic E-state index is 0.312. The van der Waals surface area contributed by atoms with E-state index in [2.05, 4.69) is 15.9 Å². The van der Waals surface area contributed by atoms with Crippen LogP contribution < -0.4 is 0 Å². The molecule has 0 radical (unpaired) electrons. The Labute approximate surface area is 95.8 Å². The molecule has 2 aromatic rings. The smallest absolute Gasteiger partial charge is 0.340 e. The summed E-state index contributed by atoms with van der Waals surface area (Å²) in [5.74, 6) is -0.312. The third kappa shape index (κ3) is 1.55. The van der Waals surface area contributed by atoms with E-state index in [4.69, 9.17) is 4.74 Å². The van der Waals surface area contributed by atoms with Gasteiger partial charge in [0.05, 0.1) is 12.7 Å². The van der Waals surface area contributed by atoms with E-state index >= 15 is 0 Å². The van der Waals surface area contributed by atoms with Crippen molar-refractivity contribution in [3.63, 3.8) is 0 Å². The summed E-state index contributed by atoms with van der Waals surface area (Å²) in [6.45, 7) is 0. The molecule has 4 heteroatoms. The Kier molecular flexibility index (Phi) is 2.52. The molecule has 78 valence electrons. The summed E-state index contributed by atoms with van der Waals surface area (Å²) in [5.41, 5.74) is 1.59. The Morgan fingerprint density at radius 3 is 2.87 bits per heavy atom. The highest BCUT2D eigenvalue weighted by Crippen LogP contribution is 2.28. The van der Waals surface area contributed by atoms with Crippen LogP contribution in [0.4, 0.5) is 0 Å². The van der Waals surface area contributed by atoms with Crippen molar-refractivity contribution >= 4 is 32.8 Å². The molecule has 0 fully saturated rings. The first-order valence-electron chi connectivity index (χ1n) is 4.47. The summed E-state index contributed by atoms with van der Waals surface area (Å²) in [6.07, 6.45) is 1.78. The van der Waals surface area contributed by atoms with E-state index in [-0.39, 0.29) is 5.97 Å². The zero-order valence-electron chi connectivity index (χ0n) is 8.45. The molecule has 1 aromatic heterocycles. The van der Waals surface area contributed by atoms with Crippen LogP contribution in [0, 0.1) is 0 Å². The topological polar surface area (TPSA) is 31.2 Å². The van der Waals surface area contributed by atoms with E-state index in [1.165, 1.54) is 7.11 Å². The van der Waals surface area contributed by atoms with Crippen molar-refractivity contribution in [2.75, 3.05) is 7.11 Å². The first-order chi connectivity index (χ1) is 7.15. The van der Waals surface area contributed by atoms with E-state index in [0.717, 1.165) is 15.4 Å². The molecule has 0 atom stereocenters. The molecule has 0 aliphatic carbocycles. The summed E-state index contributed by atoms with van der Waals surface area (Å²) >= 11 is 3.44. The molecule has 15 heavy (non-hydrogen) atoms. The fourth-order valence-corrected chi connectivity index (χ4v) is 2.24. The maximum Gasteiger partial charge on any atom is 0.340 e. The number of nitrogens with zero attached hydrogens (tertiary/aromatic N) is 1. The largest absolute Gasteiger partial charge is 0.465 e. The van der Waals surface area contributed by atoms with Crippen LogP contribution in [0.15, 0.2) is 28.9 Å². The second kappa shape index (κ2) is 3.70. The zero-order valence-corrected chi connectivity index (χ0v) is 10.0. The second-order valence-electron chi connectivity index (χ2n) is 3.28. The maximum atomic E-state index is 11.5. The minimum Gasteiger partial charge on any atom is -0.465 e. The molecule has 0 amide bonds. The SMILES string of the molecule is COC(=O)c1cn(C)c2cccc(Br)c12. The number of carbonyl (C=O) groups is 1. The molecule has 1 heterocycles. The van der Waals surface area contributed by atoms with Crippen molar-refractivity contribution in [1.29, 1.82) is 0 Å². The minimum atomic E-state index is -0.312. The molecule has 0 saturated carbocycles. The van der Waals surface area contributed by atoms with Gasteiger partial charge < -0.3 is 9.30 Å². The number of ether oxygens (including phenoxy) is 1. The highest BCUT2D eigenvalue weighted by atomic mass is 79.9. The fourth-order valence-electron chi connectivity index (χ4n) is 1.67. The number of methoxy groups -OCH3 is 1. The van der Waals surface area contributed by atoms with Crippen molar-refractivity contribution in [2.24, 2.45) is 7.05 Å². The fraction of sp³-hybridized carbons (Fsp3) is 0.182. The number of hydrogen-bond acceptors (Lipinski definition) is 2. The van der Waals surface area contributed by atoms with Gasteiger partial charge in [-0.15, -0.1) is 0 Å². The predicted molar refractivity (Wildman–Crippen MR) is 62.0 cm³/mol. The Morgan fingerprint density at radius 1 is 1.47 bits per heavy atom. The maximum absolute atomic E-state index is 11.5. The third-order valence-corrected chi connectivity index (χ3v) is 3.03. The standard InChI is InChI=1S/C11H10BrNO2/c1-13-6-7(11(14)15-2)10-8(12)4-3-5-9(10)13/h3-6H,1-2H3. The van der Waals surface area contributed by atoms with Crippen LogP contribution >= 0.6 is 15.9 Å². The van der Waals surface area contributed by atoms with Gasteiger partial charge in [-0.3, -0.25) is 0 Å². The Balaban J connectivity index is 2.81. The highest BCUT2D eigenvalue weighted by Gasteiger charge is 2.15. The number of benzene rings is 1. The van der Waals surface area contributed by atoms with Gasteiger partial charge in [0.1, 0.15) is 0 Å². The molecule has 0 spiro atoms. The molecule has 0 aliphatic heterocycles. The Hall–Kier alpha value is -1.29. The van der Waals surface area contributed by atoms with Gasteiger partial charge in [0.2, 0.25) is 0 Å². The van der Waals surface area contributed by atoms with E-state index in [0.29, 0.717) is 5.56 Å². The molecule has 0 saturated heterocycles. The van der Waals surface area contributed by atoms with E-state index in [1.54, 1.807) is 6.20 Å². The van der Waals surface area contributed by atoms with Crippen LogP contribution in [0.3, 0.4) is 0 Å². The lowest BCUT2D eigenvalue weighted by atomic mass is 10.2. The van der Waals surface area contributed by atoms with Crippen LogP contribution in [-0.4, -0.2) is 17.6 Å². The third-order valence-electron chi connectivity index (χ3n) is 2.37. The first kappa shape index (κ1) is 10.2. The van der Waals surface area contributed by atoms with Crippen molar-refractivity contribution in [1.82, 2.24) is 4.57 Å². The molecule has 1 aromatic carbocycles. The number of halogens is 1. The lowest BCUT2D eigenvalue weighted by Gasteiger charge is -1.98. The van der Waals surface area contributed by atoms with E-state index < -0.39 is 0 Å². The zero-order chi connectivity index (χ0) is 11.0. The molecule has 0 N–H and O–H groups in total. The van der Waals surface area contributed by atoms with Gasteiger partial charge in [0.15, 0.2) is 0 Å². The van der Waals surface area contributed by atoms with Crippen LogP contribution in [0.5, 0.6) is 0 Å². The van der Waals surface area contributed by atoms with E-state index in [9.17, 15) is 4.79 Å². The Morgan fingerprint density at radius 2 is 2.20 bits per heavy atom. The van der Waals surface area contributed by atoms with Gasteiger partial charge in [0.25, 0.3) is 0 Å². The van der Waals surface area contributed by atoms with Crippen LogP contribution in [0.1, 0.15) is 10.4 Å². The molecule has 0 bridgehead atoms. The number of aromatic nitrogens is 1. The van der Waals surface area contributed by atoms with Crippen LogP contribution in [0.25, 0.3) is 10.9 Å². The van der Waals surface area contributed by atoms with E-state index in [1.807, 2.05) is 29.8 Å². The monoisotopic (exact) mass is 267 g/mol. The number of carbonyl (C=O) groups excluding carboxylic acids is 1. The number of aryl methyl sites for hydroxylation is 1. The highest BCUT2D eigenvalue weighted by molar-refractivity contribution is 9.10. The number of hydrogen-bond donors (Lipinski definition) is 0.